The highest BCUT2D eigenvalue weighted by Gasteiger charge is 2.10. The summed E-state index contributed by atoms with van der Waals surface area (Å²) in [6.07, 6.45) is 1.56. The third-order valence-corrected chi connectivity index (χ3v) is 2.30. The summed E-state index contributed by atoms with van der Waals surface area (Å²) in [6, 6.07) is 6.65. The molecular weight excluding hydrogens is 240 g/mol. The maximum absolute atomic E-state index is 11.6. The maximum atomic E-state index is 11.6. The topological polar surface area (TPSA) is 58.2 Å². The van der Waals surface area contributed by atoms with Crippen LogP contribution in [0.2, 0.25) is 5.02 Å². The van der Waals surface area contributed by atoms with E-state index in [4.69, 9.17) is 11.6 Å². The smallest absolute Gasteiger partial charge is 0.253 e. The predicted octanol–water partition coefficient (Wildman–Crippen LogP) is 1.37. The van der Waals surface area contributed by atoms with Crippen LogP contribution in [-0.4, -0.2) is 24.9 Å². The van der Waals surface area contributed by atoms with Crippen LogP contribution < -0.4 is 10.6 Å². The number of benzene rings is 1. The van der Waals surface area contributed by atoms with Crippen LogP contribution in [0.1, 0.15) is 10.4 Å². The fraction of sp³-hybridized carbons (Fsp3) is 0.167. The number of carbonyl (C=O) groups is 2. The third-order valence-electron chi connectivity index (χ3n) is 1.97. The van der Waals surface area contributed by atoms with E-state index in [2.05, 4.69) is 17.2 Å². The fourth-order valence-corrected chi connectivity index (χ4v) is 1.37. The quantitative estimate of drug-likeness (QED) is 0.778. The van der Waals surface area contributed by atoms with E-state index < -0.39 is 0 Å². The predicted molar refractivity (Wildman–Crippen MR) is 67.0 cm³/mol. The van der Waals surface area contributed by atoms with Gasteiger partial charge >= 0.3 is 0 Å². The summed E-state index contributed by atoms with van der Waals surface area (Å²) in [4.78, 5) is 22.9. The molecule has 0 unspecified atom stereocenters. The monoisotopic (exact) mass is 252 g/mol. The largest absolute Gasteiger partial charge is 0.351 e. The molecule has 1 aromatic rings. The summed E-state index contributed by atoms with van der Waals surface area (Å²) < 4.78 is 0. The Balaban J connectivity index is 2.48. The van der Waals surface area contributed by atoms with Crippen molar-refractivity contribution < 1.29 is 9.59 Å². The number of amides is 2. The summed E-state index contributed by atoms with van der Waals surface area (Å²) in [7, 11) is 0. The average molecular weight is 253 g/mol. The molecule has 0 saturated heterocycles. The van der Waals surface area contributed by atoms with Crippen molar-refractivity contribution in [2.24, 2.45) is 0 Å². The van der Waals surface area contributed by atoms with Crippen molar-refractivity contribution in [3.05, 3.63) is 47.5 Å². The fourth-order valence-electron chi connectivity index (χ4n) is 1.15. The van der Waals surface area contributed by atoms with Gasteiger partial charge in [0, 0.05) is 6.54 Å². The number of hydrogen-bond donors (Lipinski definition) is 2. The van der Waals surface area contributed by atoms with Crippen LogP contribution in [0.25, 0.3) is 0 Å². The summed E-state index contributed by atoms with van der Waals surface area (Å²) >= 11 is 5.84. The number of hydrogen-bond acceptors (Lipinski definition) is 2. The molecule has 5 heteroatoms. The molecule has 0 aromatic heterocycles. The van der Waals surface area contributed by atoms with Crippen LogP contribution in [0.4, 0.5) is 0 Å². The van der Waals surface area contributed by atoms with Gasteiger partial charge in [-0.15, -0.1) is 6.58 Å². The summed E-state index contributed by atoms with van der Waals surface area (Å²) in [6.45, 7) is 3.76. The Bertz CT molecular complexity index is 432. The second kappa shape index (κ2) is 6.70. The molecule has 0 aliphatic carbocycles. The second-order valence-corrected chi connectivity index (χ2v) is 3.66. The molecule has 0 aliphatic rings. The van der Waals surface area contributed by atoms with E-state index >= 15 is 0 Å². The minimum atomic E-state index is -0.371. The Hall–Kier alpha value is -1.81. The zero-order chi connectivity index (χ0) is 12.7. The maximum Gasteiger partial charge on any atom is 0.253 e. The molecule has 4 nitrogen and oxygen atoms in total. The Morgan fingerprint density at radius 2 is 2.00 bits per heavy atom. The van der Waals surface area contributed by atoms with E-state index in [0.717, 1.165) is 0 Å². The Morgan fingerprint density at radius 3 is 2.65 bits per heavy atom. The molecule has 0 fully saturated rings. The van der Waals surface area contributed by atoms with Crippen LogP contribution in [0.5, 0.6) is 0 Å². The second-order valence-electron chi connectivity index (χ2n) is 3.26. The lowest BCUT2D eigenvalue weighted by Crippen LogP contribution is -2.37. The molecule has 0 spiro atoms. The minimum absolute atomic E-state index is 0.0854. The van der Waals surface area contributed by atoms with Gasteiger partial charge in [0.2, 0.25) is 5.91 Å². The molecule has 0 saturated carbocycles. The van der Waals surface area contributed by atoms with Crippen LogP contribution in [0.3, 0.4) is 0 Å². The molecular formula is C12H13ClN2O2. The number of carbonyl (C=O) groups excluding carboxylic acids is 2. The normalized spacial score (nSPS) is 9.47. The SMILES string of the molecule is C=CCNC(=O)CNC(=O)c1ccccc1Cl. The minimum Gasteiger partial charge on any atom is -0.351 e. The highest BCUT2D eigenvalue weighted by molar-refractivity contribution is 6.33. The van der Waals surface area contributed by atoms with Gasteiger partial charge in [-0.25, -0.2) is 0 Å². The first-order valence-corrected chi connectivity index (χ1v) is 5.43. The van der Waals surface area contributed by atoms with Crippen molar-refractivity contribution in [1.82, 2.24) is 10.6 Å². The molecule has 0 heterocycles. The van der Waals surface area contributed by atoms with Crippen molar-refractivity contribution >= 4 is 23.4 Å². The van der Waals surface area contributed by atoms with Gasteiger partial charge in [-0.2, -0.15) is 0 Å². The number of rotatable bonds is 5. The first kappa shape index (κ1) is 13.3. The first-order chi connectivity index (χ1) is 8.15. The zero-order valence-corrected chi connectivity index (χ0v) is 9.96. The van der Waals surface area contributed by atoms with Gasteiger partial charge in [0.05, 0.1) is 17.1 Å². The van der Waals surface area contributed by atoms with Gasteiger partial charge in [0.1, 0.15) is 0 Å². The summed E-state index contributed by atoms with van der Waals surface area (Å²) in [5, 5.41) is 5.39. The van der Waals surface area contributed by atoms with Crippen molar-refractivity contribution in [1.29, 1.82) is 0 Å². The van der Waals surface area contributed by atoms with Gasteiger partial charge in [0.25, 0.3) is 5.91 Å². The third kappa shape index (κ3) is 4.28. The lowest BCUT2D eigenvalue weighted by Gasteiger charge is -2.06. The standard InChI is InChI=1S/C12H13ClN2O2/c1-2-7-14-11(16)8-15-12(17)9-5-3-4-6-10(9)13/h2-6H,1,7-8H2,(H,14,16)(H,15,17). The van der Waals surface area contributed by atoms with E-state index in [-0.39, 0.29) is 18.4 Å². The van der Waals surface area contributed by atoms with Gasteiger partial charge in [-0.1, -0.05) is 29.8 Å². The summed E-state index contributed by atoms with van der Waals surface area (Å²) in [5.74, 6) is -0.644. The van der Waals surface area contributed by atoms with Crippen LogP contribution in [-0.2, 0) is 4.79 Å². The van der Waals surface area contributed by atoms with E-state index in [1.807, 2.05) is 0 Å². The Morgan fingerprint density at radius 1 is 1.29 bits per heavy atom. The molecule has 2 amide bonds. The van der Waals surface area contributed by atoms with Crippen LogP contribution in [0, 0.1) is 0 Å². The lowest BCUT2D eigenvalue weighted by molar-refractivity contribution is -0.119. The average Bonchev–Trinajstić information content (AvgIpc) is 2.34. The molecule has 2 N–H and O–H groups in total. The van der Waals surface area contributed by atoms with Crippen LogP contribution >= 0.6 is 11.6 Å². The Kier molecular flexibility index (Phi) is 5.23. The van der Waals surface area contributed by atoms with Crippen molar-refractivity contribution in [3.63, 3.8) is 0 Å². The van der Waals surface area contributed by atoms with E-state index in [1.54, 1.807) is 30.3 Å². The van der Waals surface area contributed by atoms with Crippen molar-refractivity contribution in [2.45, 2.75) is 0 Å². The van der Waals surface area contributed by atoms with Crippen LogP contribution in [0.15, 0.2) is 36.9 Å². The van der Waals surface area contributed by atoms with E-state index in [0.29, 0.717) is 17.1 Å². The van der Waals surface area contributed by atoms with Crippen molar-refractivity contribution in [2.75, 3.05) is 13.1 Å². The van der Waals surface area contributed by atoms with Crippen molar-refractivity contribution in [3.8, 4) is 0 Å². The first-order valence-electron chi connectivity index (χ1n) is 5.05. The molecule has 90 valence electrons. The highest BCUT2D eigenvalue weighted by atomic mass is 35.5. The molecule has 1 rings (SSSR count). The molecule has 0 atom stereocenters. The van der Waals surface area contributed by atoms with Gasteiger partial charge in [-0.3, -0.25) is 9.59 Å². The van der Waals surface area contributed by atoms with Gasteiger partial charge in [0.15, 0.2) is 0 Å². The van der Waals surface area contributed by atoms with Gasteiger partial charge < -0.3 is 10.6 Å². The molecule has 17 heavy (non-hydrogen) atoms. The van der Waals surface area contributed by atoms with E-state index in [9.17, 15) is 9.59 Å². The molecule has 0 radical (unpaired) electrons. The number of halogens is 1. The van der Waals surface area contributed by atoms with Gasteiger partial charge in [-0.05, 0) is 12.1 Å². The summed E-state index contributed by atoms with van der Waals surface area (Å²) in [5.41, 5.74) is 0.352. The molecule has 1 aromatic carbocycles. The number of nitrogens with one attached hydrogen (secondary N) is 2. The highest BCUT2D eigenvalue weighted by Crippen LogP contribution is 2.14. The van der Waals surface area contributed by atoms with E-state index in [1.165, 1.54) is 0 Å². The molecule has 0 bridgehead atoms. The molecule has 0 aliphatic heterocycles. The lowest BCUT2D eigenvalue weighted by atomic mass is 10.2. The zero-order valence-electron chi connectivity index (χ0n) is 9.20. The Labute approximate surface area is 105 Å².